The number of carbonyl (C=O) groups excluding carboxylic acids is 1. The van der Waals surface area contributed by atoms with Gasteiger partial charge in [-0.2, -0.15) is 0 Å². The summed E-state index contributed by atoms with van der Waals surface area (Å²) in [5.41, 5.74) is 2.63. The highest BCUT2D eigenvalue weighted by molar-refractivity contribution is 5.83. The first-order valence-corrected chi connectivity index (χ1v) is 8.79. The van der Waals surface area contributed by atoms with E-state index in [0.717, 1.165) is 37.4 Å². The first-order valence-electron chi connectivity index (χ1n) is 8.79. The molecule has 2 heterocycles. The van der Waals surface area contributed by atoms with E-state index in [1.54, 1.807) is 12.1 Å². The number of benzene rings is 2. The predicted molar refractivity (Wildman–Crippen MR) is 96.6 cm³/mol. The average Bonchev–Trinajstić information content (AvgIpc) is 2.67. The van der Waals surface area contributed by atoms with Crippen LogP contribution in [0.4, 0.5) is 10.1 Å². The van der Waals surface area contributed by atoms with Crippen molar-refractivity contribution >= 4 is 11.7 Å². The molecule has 2 aromatic carbocycles. The molecular weight excluding hydrogens is 335 g/mol. The third kappa shape index (κ3) is 3.12. The fourth-order valence-corrected chi connectivity index (χ4v) is 3.56. The van der Waals surface area contributed by atoms with Crippen LogP contribution in [-0.2, 0) is 11.2 Å². The number of nitrogens with zero attached hydrogens (tertiary/aromatic N) is 1. The highest BCUT2D eigenvalue weighted by Crippen LogP contribution is 2.36. The second kappa shape index (κ2) is 6.96. The van der Waals surface area contributed by atoms with Gasteiger partial charge in [0.15, 0.2) is 11.6 Å². The molecule has 2 aliphatic rings. The van der Waals surface area contributed by atoms with Crippen LogP contribution in [0.3, 0.4) is 0 Å². The molecule has 1 atom stereocenters. The largest absolute Gasteiger partial charge is 0.494 e. The second-order valence-electron chi connectivity index (χ2n) is 6.60. The van der Waals surface area contributed by atoms with Crippen LogP contribution in [0.25, 0.3) is 0 Å². The van der Waals surface area contributed by atoms with E-state index in [-0.39, 0.29) is 11.7 Å². The molecule has 26 heavy (non-hydrogen) atoms. The average molecular weight is 356 g/mol. The third-order valence-electron chi connectivity index (χ3n) is 5.03. The minimum atomic E-state index is -0.507. The predicted octanol–water partition coefficient (Wildman–Crippen LogP) is 2.49. The minimum absolute atomic E-state index is 0.166. The molecule has 0 aromatic heterocycles. The lowest BCUT2D eigenvalue weighted by atomic mass is 9.89. The number of fused-ring (bicyclic) bond motifs is 1. The Morgan fingerprint density at radius 3 is 2.73 bits per heavy atom. The van der Waals surface area contributed by atoms with Gasteiger partial charge in [0.25, 0.3) is 0 Å². The smallest absolute Gasteiger partial charge is 0.319 e. The molecule has 1 saturated heterocycles. The van der Waals surface area contributed by atoms with E-state index in [4.69, 9.17) is 9.47 Å². The van der Waals surface area contributed by atoms with Crippen LogP contribution in [0, 0.1) is 5.82 Å². The van der Waals surface area contributed by atoms with Gasteiger partial charge in [0.2, 0.25) is 0 Å². The molecule has 6 heteroatoms. The van der Waals surface area contributed by atoms with Crippen molar-refractivity contribution in [2.75, 3.05) is 38.2 Å². The molecule has 0 spiro atoms. The van der Waals surface area contributed by atoms with Crippen molar-refractivity contribution in [3.8, 4) is 11.5 Å². The number of hydrogen-bond donors (Lipinski definition) is 1. The van der Waals surface area contributed by atoms with Crippen LogP contribution < -0.4 is 19.7 Å². The van der Waals surface area contributed by atoms with E-state index >= 15 is 0 Å². The Morgan fingerprint density at radius 2 is 2.00 bits per heavy atom. The Bertz CT molecular complexity index is 834. The number of carbonyl (C=O) groups is 1. The number of rotatable bonds is 3. The van der Waals surface area contributed by atoms with Crippen molar-refractivity contribution in [1.29, 1.82) is 0 Å². The van der Waals surface area contributed by atoms with Crippen LogP contribution in [-0.4, -0.2) is 39.3 Å². The zero-order chi connectivity index (χ0) is 18.1. The van der Waals surface area contributed by atoms with Crippen molar-refractivity contribution < 1.29 is 18.7 Å². The number of nitrogens with one attached hydrogen (secondary N) is 1. The zero-order valence-electron chi connectivity index (χ0n) is 14.6. The standard InChI is InChI=1S/C20H21FN2O3/c1-25-18-5-3-13(11-17(18)21)16-10-14-2-4-15(12-19(14)26-20(16)24)23-8-6-22-7-9-23/h2-5,11-12,16,22H,6-10H2,1H3. The van der Waals surface area contributed by atoms with Gasteiger partial charge in [0, 0.05) is 37.9 Å². The molecule has 136 valence electrons. The molecule has 0 saturated carbocycles. The summed E-state index contributed by atoms with van der Waals surface area (Å²) in [5.74, 6) is -0.555. The van der Waals surface area contributed by atoms with Crippen LogP contribution in [0.1, 0.15) is 17.0 Å². The normalized spacial score (nSPS) is 19.7. The molecular formula is C20H21FN2O3. The summed E-state index contributed by atoms with van der Waals surface area (Å²) in [6, 6.07) is 10.6. The number of esters is 1. The van der Waals surface area contributed by atoms with Gasteiger partial charge < -0.3 is 19.7 Å². The first-order chi connectivity index (χ1) is 12.7. The molecule has 2 aliphatic heterocycles. The lowest BCUT2D eigenvalue weighted by molar-refractivity contribution is -0.137. The van der Waals surface area contributed by atoms with E-state index in [9.17, 15) is 9.18 Å². The molecule has 4 rings (SSSR count). The SMILES string of the molecule is COc1ccc(C2Cc3ccc(N4CCNCC4)cc3OC2=O)cc1F. The Morgan fingerprint density at radius 1 is 1.19 bits per heavy atom. The summed E-state index contributed by atoms with van der Waals surface area (Å²) in [4.78, 5) is 14.8. The summed E-state index contributed by atoms with van der Waals surface area (Å²) < 4.78 is 24.5. The molecule has 0 bridgehead atoms. The topological polar surface area (TPSA) is 50.8 Å². The van der Waals surface area contributed by atoms with E-state index in [1.807, 2.05) is 12.1 Å². The van der Waals surface area contributed by atoms with E-state index < -0.39 is 11.7 Å². The fraction of sp³-hybridized carbons (Fsp3) is 0.350. The molecule has 0 radical (unpaired) electrons. The Kier molecular flexibility index (Phi) is 4.51. The summed E-state index contributed by atoms with van der Waals surface area (Å²) in [6.07, 6.45) is 0.502. The van der Waals surface area contributed by atoms with Gasteiger partial charge in [-0.3, -0.25) is 4.79 Å². The van der Waals surface area contributed by atoms with Crippen LogP contribution in [0.2, 0.25) is 0 Å². The van der Waals surface area contributed by atoms with Gasteiger partial charge in [0.05, 0.1) is 13.0 Å². The van der Waals surface area contributed by atoms with Crippen LogP contribution in [0.15, 0.2) is 36.4 Å². The van der Waals surface area contributed by atoms with Gasteiger partial charge >= 0.3 is 5.97 Å². The van der Waals surface area contributed by atoms with Crippen molar-refractivity contribution in [3.05, 3.63) is 53.3 Å². The Hall–Kier alpha value is -2.60. The maximum atomic E-state index is 14.0. The van der Waals surface area contributed by atoms with Gasteiger partial charge in [0.1, 0.15) is 5.75 Å². The lowest BCUT2D eigenvalue weighted by Gasteiger charge is -2.31. The third-order valence-corrected chi connectivity index (χ3v) is 5.03. The van der Waals surface area contributed by atoms with E-state index in [0.29, 0.717) is 17.7 Å². The quantitative estimate of drug-likeness (QED) is 0.676. The number of ether oxygens (including phenoxy) is 2. The van der Waals surface area contributed by atoms with E-state index in [1.165, 1.54) is 13.2 Å². The molecule has 1 unspecified atom stereocenters. The highest BCUT2D eigenvalue weighted by atomic mass is 19.1. The van der Waals surface area contributed by atoms with Crippen molar-refractivity contribution in [2.24, 2.45) is 0 Å². The zero-order valence-corrected chi connectivity index (χ0v) is 14.6. The summed E-state index contributed by atoms with van der Waals surface area (Å²) >= 11 is 0. The van der Waals surface area contributed by atoms with Crippen molar-refractivity contribution in [2.45, 2.75) is 12.3 Å². The number of anilines is 1. The number of methoxy groups -OCH3 is 1. The molecule has 0 amide bonds. The molecule has 5 nitrogen and oxygen atoms in total. The van der Waals surface area contributed by atoms with Crippen molar-refractivity contribution in [3.63, 3.8) is 0 Å². The van der Waals surface area contributed by atoms with Crippen molar-refractivity contribution in [1.82, 2.24) is 5.32 Å². The van der Waals surface area contributed by atoms with Gasteiger partial charge in [-0.25, -0.2) is 4.39 Å². The number of halogens is 1. The maximum absolute atomic E-state index is 14.0. The summed E-state index contributed by atoms with van der Waals surface area (Å²) in [7, 11) is 1.42. The van der Waals surface area contributed by atoms with E-state index in [2.05, 4.69) is 16.3 Å². The van der Waals surface area contributed by atoms with Gasteiger partial charge in [-0.05, 0) is 35.7 Å². The molecule has 0 aliphatic carbocycles. The van der Waals surface area contributed by atoms with Crippen LogP contribution >= 0.6 is 0 Å². The fourth-order valence-electron chi connectivity index (χ4n) is 3.56. The van der Waals surface area contributed by atoms with Gasteiger partial charge in [-0.15, -0.1) is 0 Å². The number of piperazine rings is 1. The monoisotopic (exact) mass is 356 g/mol. The van der Waals surface area contributed by atoms with Crippen LogP contribution in [0.5, 0.6) is 11.5 Å². The maximum Gasteiger partial charge on any atom is 0.319 e. The molecule has 1 N–H and O–H groups in total. The Balaban J connectivity index is 1.58. The second-order valence-corrected chi connectivity index (χ2v) is 6.60. The van der Waals surface area contributed by atoms with Gasteiger partial charge in [-0.1, -0.05) is 12.1 Å². The summed E-state index contributed by atoms with van der Waals surface area (Å²) in [6.45, 7) is 3.75. The summed E-state index contributed by atoms with van der Waals surface area (Å²) in [5, 5.41) is 3.32. The Labute approximate surface area is 151 Å². The molecule has 1 fully saturated rings. The number of hydrogen-bond acceptors (Lipinski definition) is 5. The first kappa shape index (κ1) is 16.8. The highest BCUT2D eigenvalue weighted by Gasteiger charge is 2.31. The molecule has 2 aromatic rings. The lowest BCUT2D eigenvalue weighted by Crippen LogP contribution is -2.43. The minimum Gasteiger partial charge on any atom is -0.494 e.